The van der Waals surface area contributed by atoms with E-state index in [9.17, 15) is 13.2 Å². The summed E-state index contributed by atoms with van der Waals surface area (Å²) in [5, 5.41) is 0.608. The van der Waals surface area contributed by atoms with Crippen LogP contribution in [-0.2, 0) is 27.9 Å². The van der Waals surface area contributed by atoms with Gasteiger partial charge in [0.05, 0.1) is 6.61 Å². The highest BCUT2D eigenvalue weighted by Crippen LogP contribution is 2.35. The molecule has 1 aliphatic rings. The van der Waals surface area contributed by atoms with E-state index in [-0.39, 0.29) is 11.8 Å². The SMILES string of the molecule is CCCNS(=O)(=O)c1ccc(-c2cccc(CN(Cc3cc(Cl)ccc3OCCC)C(=O)C3CC3)c2)s1. The minimum Gasteiger partial charge on any atom is -0.493 e. The van der Waals surface area contributed by atoms with E-state index in [2.05, 4.69) is 11.6 Å². The lowest BCUT2D eigenvalue weighted by Crippen LogP contribution is -2.31. The molecule has 37 heavy (non-hydrogen) atoms. The van der Waals surface area contributed by atoms with Gasteiger partial charge in [0.25, 0.3) is 0 Å². The average Bonchev–Trinajstić information content (AvgIpc) is 3.61. The summed E-state index contributed by atoms with van der Waals surface area (Å²) in [5.74, 6) is 0.957. The van der Waals surface area contributed by atoms with Crippen LogP contribution in [0.25, 0.3) is 10.4 Å². The maximum Gasteiger partial charge on any atom is 0.250 e. The number of thiophene rings is 1. The highest BCUT2D eigenvalue weighted by molar-refractivity contribution is 7.91. The van der Waals surface area contributed by atoms with Gasteiger partial charge >= 0.3 is 0 Å². The Labute approximate surface area is 228 Å². The fourth-order valence-corrected chi connectivity index (χ4v) is 6.68. The zero-order chi connectivity index (χ0) is 26.4. The molecule has 0 spiro atoms. The van der Waals surface area contributed by atoms with E-state index in [0.717, 1.165) is 53.0 Å². The number of sulfonamides is 1. The molecule has 9 heteroatoms. The van der Waals surface area contributed by atoms with Gasteiger partial charge in [-0.05, 0) is 73.2 Å². The molecular weight excluding hydrogens is 528 g/mol. The molecule has 0 bridgehead atoms. The molecule has 1 heterocycles. The lowest BCUT2D eigenvalue weighted by molar-refractivity contribution is -0.133. The van der Waals surface area contributed by atoms with Gasteiger partial charge in [-0.1, -0.05) is 43.6 Å². The number of hydrogen-bond donors (Lipinski definition) is 1. The Morgan fingerprint density at radius 3 is 2.62 bits per heavy atom. The van der Waals surface area contributed by atoms with E-state index < -0.39 is 10.0 Å². The Bertz CT molecular complexity index is 1340. The molecule has 4 rings (SSSR count). The van der Waals surface area contributed by atoms with Gasteiger partial charge in [0.2, 0.25) is 15.9 Å². The van der Waals surface area contributed by atoms with Crippen LogP contribution < -0.4 is 9.46 Å². The van der Waals surface area contributed by atoms with Crippen LogP contribution in [-0.4, -0.2) is 32.4 Å². The Morgan fingerprint density at radius 1 is 1.08 bits per heavy atom. The molecule has 1 fully saturated rings. The fourth-order valence-electron chi connectivity index (χ4n) is 4.00. The average molecular weight is 561 g/mol. The van der Waals surface area contributed by atoms with E-state index in [4.69, 9.17) is 16.3 Å². The smallest absolute Gasteiger partial charge is 0.250 e. The van der Waals surface area contributed by atoms with Crippen molar-refractivity contribution in [1.29, 1.82) is 0 Å². The van der Waals surface area contributed by atoms with Gasteiger partial charge in [-0.3, -0.25) is 4.79 Å². The highest BCUT2D eigenvalue weighted by Gasteiger charge is 2.34. The lowest BCUT2D eigenvalue weighted by Gasteiger charge is -2.25. The van der Waals surface area contributed by atoms with Crippen molar-refractivity contribution in [2.45, 2.75) is 56.8 Å². The van der Waals surface area contributed by atoms with Gasteiger partial charge in [-0.25, -0.2) is 13.1 Å². The molecule has 0 radical (unpaired) electrons. The van der Waals surface area contributed by atoms with Crippen molar-refractivity contribution in [3.8, 4) is 16.2 Å². The zero-order valence-electron chi connectivity index (χ0n) is 21.2. The molecule has 1 aromatic heterocycles. The van der Waals surface area contributed by atoms with Crippen LogP contribution in [0.5, 0.6) is 5.75 Å². The Hall–Kier alpha value is -2.39. The Morgan fingerprint density at radius 2 is 1.89 bits per heavy atom. The van der Waals surface area contributed by atoms with Gasteiger partial charge in [-0.2, -0.15) is 0 Å². The Kier molecular flexibility index (Phi) is 9.29. The van der Waals surface area contributed by atoms with Crippen LogP contribution in [0.15, 0.2) is 58.8 Å². The van der Waals surface area contributed by atoms with Crippen LogP contribution in [0.3, 0.4) is 0 Å². The third-order valence-electron chi connectivity index (χ3n) is 6.06. The molecule has 1 N–H and O–H groups in total. The van der Waals surface area contributed by atoms with Crippen molar-refractivity contribution < 1.29 is 17.9 Å². The van der Waals surface area contributed by atoms with Crippen LogP contribution in [0.1, 0.15) is 50.7 Å². The minimum absolute atomic E-state index is 0.0723. The fraction of sp³-hybridized carbons (Fsp3) is 0.393. The molecule has 1 amide bonds. The number of nitrogens with one attached hydrogen (secondary N) is 1. The second-order valence-corrected chi connectivity index (χ2v) is 12.8. The predicted octanol–water partition coefficient (Wildman–Crippen LogP) is 6.48. The van der Waals surface area contributed by atoms with Crippen molar-refractivity contribution in [3.05, 3.63) is 70.7 Å². The molecule has 0 aliphatic heterocycles. The number of ether oxygens (including phenoxy) is 1. The number of nitrogens with zero attached hydrogens (tertiary/aromatic N) is 1. The highest BCUT2D eigenvalue weighted by atomic mass is 35.5. The van der Waals surface area contributed by atoms with Crippen molar-refractivity contribution in [1.82, 2.24) is 9.62 Å². The van der Waals surface area contributed by atoms with Gasteiger partial charge < -0.3 is 9.64 Å². The second-order valence-electron chi connectivity index (χ2n) is 9.29. The first-order chi connectivity index (χ1) is 17.8. The van der Waals surface area contributed by atoms with Crippen LogP contribution in [0.4, 0.5) is 0 Å². The molecule has 0 atom stereocenters. The zero-order valence-corrected chi connectivity index (χ0v) is 23.6. The summed E-state index contributed by atoms with van der Waals surface area (Å²) in [6.45, 7) is 5.84. The number of halogens is 1. The topological polar surface area (TPSA) is 75.7 Å². The summed E-state index contributed by atoms with van der Waals surface area (Å²) in [7, 11) is -3.51. The molecular formula is C28H33ClN2O4S2. The normalized spacial score (nSPS) is 13.5. The monoisotopic (exact) mass is 560 g/mol. The number of carbonyl (C=O) groups is 1. The molecule has 1 saturated carbocycles. The number of amides is 1. The largest absolute Gasteiger partial charge is 0.493 e. The molecule has 6 nitrogen and oxygen atoms in total. The van der Waals surface area contributed by atoms with Crippen LogP contribution in [0.2, 0.25) is 5.02 Å². The third kappa shape index (κ3) is 7.35. The van der Waals surface area contributed by atoms with Crippen molar-refractivity contribution in [2.75, 3.05) is 13.2 Å². The van der Waals surface area contributed by atoms with Crippen molar-refractivity contribution >= 4 is 38.9 Å². The number of hydrogen-bond acceptors (Lipinski definition) is 5. The van der Waals surface area contributed by atoms with Gasteiger partial charge in [-0.15, -0.1) is 11.3 Å². The molecule has 1 aliphatic carbocycles. The summed E-state index contributed by atoms with van der Waals surface area (Å²) in [6, 6.07) is 17.0. The van der Waals surface area contributed by atoms with Crippen molar-refractivity contribution in [2.24, 2.45) is 5.92 Å². The second kappa shape index (κ2) is 12.4. The van der Waals surface area contributed by atoms with Gasteiger partial charge in [0.1, 0.15) is 9.96 Å². The standard InChI is InChI=1S/C28H33ClN2O4S2/c1-3-14-30-37(33,34)27-13-12-26(36-27)22-7-5-6-20(16-22)18-31(28(32)21-8-9-21)19-23-17-24(29)10-11-25(23)35-15-4-2/h5-7,10-13,16-17,21,30H,3-4,8-9,14-15,18-19H2,1-2H3. The first-order valence-corrected chi connectivity index (χ1v) is 15.4. The molecule has 0 saturated heterocycles. The molecule has 2 aromatic carbocycles. The maximum absolute atomic E-state index is 13.3. The summed E-state index contributed by atoms with van der Waals surface area (Å²) in [6.07, 6.45) is 3.46. The first kappa shape index (κ1) is 27.6. The van der Waals surface area contributed by atoms with E-state index in [1.54, 1.807) is 12.1 Å². The van der Waals surface area contributed by atoms with E-state index >= 15 is 0 Å². The number of rotatable bonds is 13. The van der Waals surface area contributed by atoms with Crippen LogP contribution >= 0.6 is 22.9 Å². The Balaban J connectivity index is 1.56. The third-order valence-corrected chi connectivity index (χ3v) is 9.38. The maximum atomic E-state index is 13.3. The van der Waals surface area contributed by atoms with E-state index in [1.807, 2.05) is 54.3 Å². The lowest BCUT2D eigenvalue weighted by atomic mass is 10.1. The van der Waals surface area contributed by atoms with Gasteiger partial charge in [0.15, 0.2) is 0 Å². The summed E-state index contributed by atoms with van der Waals surface area (Å²) >= 11 is 7.54. The van der Waals surface area contributed by atoms with Crippen molar-refractivity contribution in [3.63, 3.8) is 0 Å². The van der Waals surface area contributed by atoms with Gasteiger partial charge in [0, 0.05) is 41.0 Å². The molecule has 3 aromatic rings. The number of carbonyl (C=O) groups excluding carboxylic acids is 1. The number of benzene rings is 2. The van der Waals surface area contributed by atoms with E-state index in [0.29, 0.717) is 35.5 Å². The summed E-state index contributed by atoms with van der Waals surface area (Å²) in [4.78, 5) is 16.0. The first-order valence-electron chi connectivity index (χ1n) is 12.7. The summed E-state index contributed by atoms with van der Waals surface area (Å²) in [5.41, 5.74) is 2.79. The van der Waals surface area contributed by atoms with E-state index in [1.165, 1.54) is 11.3 Å². The quantitative estimate of drug-likeness (QED) is 0.259. The van der Waals surface area contributed by atoms with Crippen LogP contribution in [0, 0.1) is 5.92 Å². The molecule has 198 valence electrons. The molecule has 0 unspecified atom stereocenters. The minimum atomic E-state index is -3.51. The predicted molar refractivity (Wildman–Crippen MR) is 149 cm³/mol. The summed E-state index contributed by atoms with van der Waals surface area (Å²) < 4.78 is 33.9.